The summed E-state index contributed by atoms with van der Waals surface area (Å²) in [4.78, 5) is 34.0. The van der Waals surface area contributed by atoms with Crippen molar-refractivity contribution in [2.75, 3.05) is 0 Å². The van der Waals surface area contributed by atoms with Crippen LogP contribution in [-0.2, 0) is 14.3 Å². The maximum absolute atomic E-state index is 15.6. The summed E-state index contributed by atoms with van der Waals surface area (Å²) >= 11 is 7.29. The number of allylic oxidation sites excluding steroid dienone is 2. The van der Waals surface area contributed by atoms with Crippen molar-refractivity contribution in [1.82, 2.24) is 0 Å². The third-order valence-corrected chi connectivity index (χ3v) is 10.5. The number of aliphatic hydroxyl groups excluding tert-OH is 2. The van der Waals surface area contributed by atoms with Crippen LogP contribution in [0.15, 0.2) is 23.2 Å². The lowest BCUT2D eigenvalue weighted by molar-refractivity contribution is -0.157. The Morgan fingerprint density at radius 2 is 1.82 bits per heavy atom. The van der Waals surface area contributed by atoms with Gasteiger partial charge in [0.05, 0.1) is 10.3 Å². The zero-order valence-electron chi connectivity index (χ0n) is 19.3. The number of carboxylic acid groups (broad SMARTS) is 2. The van der Waals surface area contributed by atoms with Gasteiger partial charge in [0.25, 0.3) is 0 Å². The molecule has 10 heteroatoms. The molecule has 3 fully saturated rings. The number of halogens is 2. The molecular weight excluding hydrogens is 471 g/mol. The highest BCUT2D eigenvalue weighted by Gasteiger charge is 2.74. The third kappa shape index (κ3) is 2.91. The van der Waals surface area contributed by atoms with E-state index in [2.05, 4.69) is 0 Å². The zero-order valence-corrected chi connectivity index (χ0v) is 20.1. The molecule has 8 atom stereocenters. The van der Waals surface area contributed by atoms with Gasteiger partial charge in [-0.2, -0.15) is 0 Å². The minimum absolute atomic E-state index is 0.0211. The highest BCUT2D eigenvalue weighted by Crippen LogP contribution is 2.73. The molecule has 0 heterocycles. The second-order valence-electron chi connectivity index (χ2n) is 10.8. The quantitative estimate of drug-likeness (QED) is 0.315. The van der Waals surface area contributed by atoms with Gasteiger partial charge in [0.2, 0.25) is 11.5 Å². The predicted molar refractivity (Wildman–Crippen MR) is 118 cm³/mol. The molecule has 4 N–H and O–H groups in total. The first-order chi connectivity index (χ1) is 15.7. The maximum atomic E-state index is 15.6. The van der Waals surface area contributed by atoms with Gasteiger partial charge in [-0.05, 0) is 68.4 Å². The van der Waals surface area contributed by atoms with E-state index in [0.29, 0.717) is 12.8 Å². The topological polar surface area (TPSA) is 141 Å². The van der Waals surface area contributed by atoms with E-state index in [1.165, 1.54) is 6.92 Å². The van der Waals surface area contributed by atoms with Crippen molar-refractivity contribution in [3.05, 3.63) is 23.2 Å². The van der Waals surface area contributed by atoms with E-state index in [-0.39, 0.29) is 43.1 Å². The molecule has 0 radical (unpaired) electrons. The fourth-order valence-electron chi connectivity index (χ4n) is 7.91. The van der Waals surface area contributed by atoms with Crippen LogP contribution in [0.5, 0.6) is 0 Å². The molecule has 0 aromatic carbocycles. The van der Waals surface area contributed by atoms with E-state index in [1.54, 1.807) is 0 Å². The molecule has 0 amide bonds. The molecule has 3 saturated carbocycles. The van der Waals surface area contributed by atoms with Gasteiger partial charge < -0.3 is 25.2 Å². The van der Waals surface area contributed by atoms with E-state index in [0.717, 1.165) is 6.08 Å². The molecule has 4 aliphatic carbocycles. The Morgan fingerprint density at radius 3 is 2.41 bits per heavy atom. The smallest absolute Gasteiger partial charge is 0.506 e. The van der Waals surface area contributed by atoms with Gasteiger partial charge >= 0.3 is 12.1 Å². The molecule has 0 unspecified atom stereocenters. The van der Waals surface area contributed by atoms with E-state index in [4.69, 9.17) is 16.3 Å². The summed E-state index contributed by atoms with van der Waals surface area (Å²) in [6, 6.07) is 0. The molecule has 0 aromatic heterocycles. The van der Waals surface area contributed by atoms with Gasteiger partial charge in [0.1, 0.15) is 17.5 Å². The molecule has 34 heavy (non-hydrogen) atoms. The molecule has 0 aliphatic heterocycles. The highest BCUT2D eigenvalue weighted by molar-refractivity contribution is 6.26. The standard InChI is InChI=1S/C24H30ClFO8/c1-11-8-12-13-9-15(26)14-10-16(27)18(30)19(31)22(14,3)23(13,25)7-6-21(12,2)24(11,34-20(32)33)5-4-17(28)29/h10-13,15,30-31H,4-9H2,1-3H3,(H,28,29)(H,32,33)/t11-,12-,13-,15-,21-,22+,23+,24-/m0/s1. The first-order valence-corrected chi connectivity index (χ1v) is 11.9. The average molecular weight is 501 g/mol. The monoisotopic (exact) mass is 500 g/mol. The van der Waals surface area contributed by atoms with E-state index in [9.17, 15) is 34.8 Å². The van der Waals surface area contributed by atoms with Crippen LogP contribution in [0.4, 0.5) is 9.18 Å². The lowest BCUT2D eigenvalue weighted by Gasteiger charge is -2.63. The molecule has 4 aliphatic rings. The van der Waals surface area contributed by atoms with Crippen molar-refractivity contribution in [2.45, 2.75) is 75.9 Å². The van der Waals surface area contributed by atoms with E-state index < -0.39 is 62.8 Å². The SMILES string of the molecule is C[C@H]1C[C@H]2[C@@H]3C[C@H](F)C4=CC(=O)C(O)=C(O)[C@]4(C)[C@@]3(Cl)CC[C@]2(C)[C@@]1(CCC(=O)O)OC(=O)O. The van der Waals surface area contributed by atoms with Gasteiger partial charge in [-0.15, -0.1) is 11.6 Å². The number of ketones is 1. The van der Waals surface area contributed by atoms with Crippen LogP contribution < -0.4 is 0 Å². The number of alkyl halides is 2. The number of rotatable bonds is 4. The lowest BCUT2D eigenvalue weighted by atomic mass is 9.45. The summed E-state index contributed by atoms with van der Waals surface area (Å²) in [6.45, 7) is 5.21. The van der Waals surface area contributed by atoms with Crippen molar-refractivity contribution in [1.29, 1.82) is 0 Å². The van der Waals surface area contributed by atoms with Crippen LogP contribution in [0, 0.1) is 28.6 Å². The number of hydrogen-bond donors (Lipinski definition) is 4. The third-order valence-electron chi connectivity index (χ3n) is 9.67. The van der Waals surface area contributed by atoms with E-state index in [1.807, 2.05) is 13.8 Å². The van der Waals surface area contributed by atoms with Crippen LogP contribution in [-0.4, -0.2) is 55.0 Å². The van der Waals surface area contributed by atoms with E-state index >= 15 is 4.39 Å². The number of carbonyl (C=O) groups is 3. The van der Waals surface area contributed by atoms with Gasteiger partial charge in [-0.3, -0.25) is 9.59 Å². The Bertz CT molecular complexity index is 1020. The summed E-state index contributed by atoms with van der Waals surface area (Å²) < 4.78 is 21.1. The summed E-state index contributed by atoms with van der Waals surface area (Å²) in [5, 5.41) is 40.0. The van der Waals surface area contributed by atoms with Crippen molar-refractivity contribution in [2.24, 2.45) is 28.6 Å². The van der Waals surface area contributed by atoms with Gasteiger partial charge in [0.15, 0.2) is 0 Å². The minimum atomic E-state index is -1.60. The van der Waals surface area contributed by atoms with Crippen molar-refractivity contribution in [3.8, 4) is 0 Å². The Hall–Kier alpha value is -2.29. The van der Waals surface area contributed by atoms with Crippen molar-refractivity contribution < 1.29 is 43.9 Å². The number of aliphatic carboxylic acids is 1. The largest absolute Gasteiger partial charge is 0.507 e. The van der Waals surface area contributed by atoms with Crippen LogP contribution in [0.25, 0.3) is 0 Å². The molecule has 4 rings (SSSR count). The number of carboxylic acids is 1. The van der Waals surface area contributed by atoms with Crippen LogP contribution in [0.2, 0.25) is 0 Å². The number of ether oxygens (including phenoxy) is 1. The first kappa shape index (κ1) is 24.8. The average Bonchev–Trinajstić information content (AvgIpc) is 2.96. The number of fused-ring (bicyclic) bond motifs is 5. The fraction of sp³-hybridized carbons (Fsp3) is 0.708. The molecule has 0 aromatic rings. The molecule has 0 spiro atoms. The first-order valence-electron chi connectivity index (χ1n) is 11.5. The summed E-state index contributed by atoms with van der Waals surface area (Å²) in [6.07, 6.45) is -1.45. The summed E-state index contributed by atoms with van der Waals surface area (Å²) in [5.74, 6) is -4.69. The summed E-state index contributed by atoms with van der Waals surface area (Å²) in [7, 11) is 0. The number of hydrogen-bond acceptors (Lipinski definition) is 6. The lowest BCUT2D eigenvalue weighted by Crippen LogP contribution is -2.65. The second-order valence-corrected chi connectivity index (χ2v) is 11.4. The Labute approximate surface area is 201 Å². The molecular formula is C24H30ClFO8. The van der Waals surface area contributed by atoms with Crippen LogP contribution in [0.1, 0.15) is 59.3 Å². The fourth-order valence-corrected chi connectivity index (χ4v) is 8.45. The van der Waals surface area contributed by atoms with Crippen molar-refractivity contribution >= 4 is 29.5 Å². The van der Waals surface area contributed by atoms with Gasteiger partial charge in [0, 0.05) is 11.8 Å². The maximum Gasteiger partial charge on any atom is 0.506 e. The van der Waals surface area contributed by atoms with Crippen LogP contribution in [0.3, 0.4) is 0 Å². The Kier molecular flexibility index (Phi) is 5.55. The number of aliphatic hydroxyl groups is 2. The van der Waals surface area contributed by atoms with Gasteiger partial charge in [-0.1, -0.05) is 13.8 Å². The van der Waals surface area contributed by atoms with Crippen LogP contribution >= 0.6 is 11.6 Å². The molecule has 8 nitrogen and oxygen atoms in total. The summed E-state index contributed by atoms with van der Waals surface area (Å²) in [5.41, 5.74) is -3.62. The molecule has 0 bridgehead atoms. The Morgan fingerprint density at radius 1 is 1.18 bits per heavy atom. The molecule has 0 saturated heterocycles. The Balaban J connectivity index is 1.83. The zero-order chi connectivity index (χ0) is 25.4. The number of carbonyl (C=O) groups excluding carboxylic acids is 1. The normalized spacial score (nSPS) is 45.7. The highest BCUT2D eigenvalue weighted by atomic mass is 35.5. The predicted octanol–water partition coefficient (Wildman–Crippen LogP) is 4.92. The second kappa shape index (κ2) is 7.60. The van der Waals surface area contributed by atoms with Crippen molar-refractivity contribution in [3.63, 3.8) is 0 Å². The molecule has 188 valence electrons. The minimum Gasteiger partial charge on any atom is -0.507 e. The van der Waals surface area contributed by atoms with Gasteiger partial charge in [-0.25, -0.2) is 9.18 Å².